The van der Waals surface area contributed by atoms with Crippen molar-refractivity contribution in [3.63, 3.8) is 0 Å². The van der Waals surface area contributed by atoms with Crippen molar-refractivity contribution in [1.29, 1.82) is 0 Å². The SMILES string of the molecule is COc1cccc(/C=N\NC(=O)CCc2cc(C(C)(C)C)c(O)c(C(C)(C)C)c2)c1OCc1ccccc1. The van der Waals surface area contributed by atoms with Crippen molar-refractivity contribution in [3.8, 4) is 17.2 Å². The summed E-state index contributed by atoms with van der Waals surface area (Å²) in [7, 11) is 1.59. The lowest BCUT2D eigenvalue weighted by Gasteiger charge is -2.28. The minimum Gasteiger partial charge on any atom is -0.507 e. The molecule has 0 aromatic heterocycles. The van der Waals surface area contributed by atoms with Gasteiger partial charge in [-0.3, -0.25) is 4.79 Å². The molecule has 0 aliphatic rings. The first-order valence-electron chi connectivity index (χ1n) is 12.9. The van der Waals surface area contributed by atoms with Gasteiger partial charge >= 0.3 is 0 Å². The molecule has 6 nitrogen and oxygen atoms in total. The van der Waals surface area contributed by atoms with Crippen LogP contribution in [0.5, 0.6) is 17.2 Å². The summed E-state index contributed by atoms with van der Waals surface area (Å²) >= 11 is 0. The molecule has 3 aromatic carbocycles. The molecule has 0 spiro atoms. The van der Waals surface area contributed by atoms with Crippen LogP contribution in [0.25, 0.3) is 0 Å². The van der Waals surface area contributed by atoms with E-state index in [1.54, 1.807) is 13.3 Å². The topological polar surface area (TPSA) is 80.2 Å². The van der Waals surface area contributed by atoms with E-state index in [9.17, 15) is 9.90 Å². The van der Waals surface area contributed by atoms with Gasteiger partial charge in [0.05, 0.1) is 13.3 Å². The van der Waals surface area contributed by atoms with E-state index < -0.39 is 0 Å². The van der Waals surface area contributed by atoms with Crippen LogP contribution in [0.15, 0.2) is 65.8 Å². The maximum absolute atomic E-state index is 12.6. The molecule has 0 saturated heterocycles. The number of phenolic OH excluding ortho intramolecular Hbond substituents is 1. The van der Waals surface area contributed by atoms with Crippen molar-refractivity contribution < 1.29 is 19.4 Å². The summed E-state index contributed by atoms with van der Waals surface area (Å²) in [5.41, 5.74) is 6.71. The number of aryl methyl sites for hydroxylation is 1. The molecule has 0 radical (unpaired) electrons. The van der Waals surface area contributed by atoms with E-state index in [1.165, 1.54) is 0 Å². The van der Waals surface area contributed by atoms with E-state index in [0.29, 0.717) is 35.8 Å². The smallest absolute Gasteiger partial charge is 0.240 e. The molecule has 202 valence electrons. The number of para-hydroxylation sites is 1. The average Bonchev–Trinajstić information content (AvgIpc) is 2.86. The van der Waals surface area contributed by atoms with Crippen LogP contribution in [-0.2, 0) is 28.7 Å². The molecule has 0 atom stereocenters. The third-order valence-corrected chi connectivity index (χ3v) is 6.27. The predicted molar refractivity (Wildman–Crippen MR) is 153 cm³/mol. The highest BCUT2D eigenvalue weighted by Crippen LogP contribution is 2.40. The number of ether oxygens (including phenoxy) is 2. The number of methoxy groups -OCH3 is 1. The lowest BCUT2D eigenvalue weighted by Crippen LogP contribution is -2.20. The quantitative estimate of drug-likeness (QED) is 0.246. The number of hydrazone groups is 1. The Morgan fingerprint density at radius 1 is 0.921 bits per heavy atom. The van der Waals surface area contributed by atoms with Crippen LogP contribution in [0.3, 0.4) is 0 Å². The molecule has 0 heterocycles. The maximum atomic E-state index is 12.6. The molecule has 1 amide bonds. The number of aromatic hydroxyl groups is 1. The Morgan fingerprint density at radius 3 is 2.13 bits per heavy atom. The van der Waals surface area contributed by atoms with Gasteiger partial charge in [0.2, 0.25) is 5.91 Å². The zero-order chi connectivity index (χ0) is 27.9. The second-order valence-corrected chi connectivity index (χ2v) is 11.5. The van der Waals surface area contributed by atoms with Crippen molar-refractivity contribution in [1.82, 2.24) is 5.43 Å². The van der Waals surface area contributed by atoms with Gasteiger partial charge in [0.1, 0.15) is 12.4 Å². The van der Waals surface area contributed by atoms with Crippen molar-refractivity contribution in [2.75, 3.05) is 7.11 Å². The van der Waals surface area contributed by atoms with Gasteiger partial charge in [-0.05, 0) is 51.6 Å². The molecular formula is C32H40N2O4. The number of amides is 1. The van der Waals surface area contributed by atoms with Gasteiger partial charge in [-0.2, -0.15) is 5.10 Å². The predicted octanol–water partition coefficient (Wildman–Crippen LogP) is 6.66. The number of benzene rings is 3. The first-order valence-corrected chi connectivity index (χ1v) is 12.9. The number of rotatable bonds is 9. The van der Waals surface area contributed by atoms with E-state index in [4.69, 9.17) is 9.47 Å². The zero-order valence-electron chi connectivity index (χ0n) is 23.6. The Balaban J connectivity index is 1.69. The third kappa shape index (κ3) is 7.60. The molecule has 0 bridgehead atoms. The van der Waals surface area contributed by atoms with E-state index in [0.717, 1.165) is 22.3 Å². The molecular weight excluding hydrogens is 476 g/mol. The Kier molecular flexibility index (Phi) is 9.21. The van der Waals surface area contributed by atoms with Crippen LogP contribution in [0.2, 0.25) is 0 Å². The van der Waals surface area contributed by atoms with Crippen molar-refractivity contribution in [3.05, 3.63) is 88.5 Å². The van der Waals surface area contributed by atoms with Crippen LogP contribution in [-0.4, -0.2) is 24.3 Å². The van der Waals surface area contributed by atoms with Crippen LogP contribution in [0.1, 0.15) is 75.8 Å². The second-order valence-electron chi connectivity index (χ2n) is 11.5. The largest absolute Gasteiger partial charge is 0.507 e. The summed E-state index contributed by atoms with van der Waals surface area (Å²) in [4.78, 5) is 12.6. The number of carbonyl (C=O) groups is 1. The zero-order valence-corrected chi connectivity index (χ0v) is 23.6. The van der Waals surface area contributed by atoms with E-state index in [1.807, 2.05) is 60.7 Å². The summed E-state index contributed by atoms with van der Waals surface area (Å²) < 4.78 is 11.5. The highest BCUT2D eigenvalue weighted by atomic mass is 16.5. The molecule has 0 saturated carbocycles. The molecule has 0 aliphatic heterocycles. The Labute approximate surface area is 226 Å². The highest BCUT2D eigenvalue weighted by Gasteiger charge is 2.26. The monoisotopic (exact) mass is 516 g/mol. The Bertz CT molecular complexity index is 1230. The highest BCUT2D eigenvalue weighted by molar-refractivity contribution is 5.86. The first-order chi connectivity index (χ1) is 17.9. The minimum absolute atomic E-state index is 0.196. The number of nitrogens with zero attached hydrogens (tertiary/aromatic N) is 1. The fraction of sp³-hybridized carbons (Fsp3) is 0.375. The fourth-order valence-corrected chi connectivity index (χ4v) is 4.15. The summed E-state index contributed by atoms with van der Waals surface area (Å²) in [6.07, 6.45) is 2.37. The molecule has 3 rings (SSSR count). The van der Waals surface area contributed by atoms with Gasteiger partial charge in [0.25, 0.3) is 0 Å². The fourth-order valence-electron chi connectivity index (χ4n) is 4.15. The first kappa shape index (κ1) is 28.8. The van der Waals surface area contributed by atoms with Gasteiger partial charge in [0.15, 0.2) is 11.5 Å². The van der Waals surface area contributed by atoms with Crippen LogP contribution < -0.4 is 14.9 Å². The standard InChI is InChI=1S/C32H40N2O4/c1-31(2,3)25-18-23(19-26(29(25)36)32(4,5)6)16-17-28(35)34-33-20-24-14-11-15-27(37-7)30(24)38-21-22-12-9-8-10-13-22/h8-15,18-20,36H,16-17,21H2,1-7H3,(H,34,35)/b33-20-. The molecule has 0 unspecified atom stereocenters. The molecule has 3 aromatic rings. The molecule has 0 fully saturated rings. The summed E-state index contributed by atoms with van der Waals surface area (Å²) in [6, 6.07) is 19.4. The summed E-state index contributed by atoms with van der Waals surface area (Å²) in [5, 5.41) is 15.1. The number of carbonyl (C=O) groups excluding carboxylic acids is 1. The number of nitrogens with one attached hydrogen (secondary N) is 1. The van der Waals surface area contributed by atoms with E-state index in [2.05, 4.69) is 52.1 Å². The van der Waals surface area contributed by atoms with Gasteiger partial charge in [-0.25, -0.2) is 5.43 Å². The number of hydrogen-bond acceptors (Lipinski definition) is 5. The summed E-state index contributed by atoms with van der Waals surface area (Å²) in [5.74, 6) is 1.29. The lowest BCUT2D eigenvalue weighted by molar-refractivity contribution is -0.121. The molecule has 2 N–H and O–H groups in total. The molecule has 0 aliphatic carbocycles. The van der Waals surface area contributed by atoms with Gasteiger partial charge in [-0.1, -0.05) is 90.1 Å². The van der Waals surface area contributed by atoms with Gasteiger partial charge < -0.3 is 14.6 Å². The molecule has 6 heteroatoms. The van der Waals surface area contributed by atoms with Crippen LogP contribution in [0, 0.1) is 0 Å². The molecule has 38 heavy (non-hydrogen) atoms. The number of hydrogen-bond donors (Lipinski definition) is 2. The van der Waals surface area contributed by atoms with Crippen molar-refractivity contribution in [2.24, 2.45) is 5.10 Å². The summed E-state index contributed by atoms with van der Waals surface area (Å²) in [6.45, 7) is 12.9. The Morgan fingerprint density at radius 2 is 1.55 bits per heavy atom. The Hall–Kier alpha value is -3.80. The van der Waals surface area contributed by atoms with Crippen molar-refractivity contribution >= 4 is 12.1 Å². The van der Waals surface area contributed by atoms with Gasteiger partial charge in [-0.15, -0.1) is 0 Å². The lowest BCUT2D eigenvalue weighted by atomic mass is 9.78. The van der Waals surface area contributed by atoms with E-state index >= 15 is 0 Å². The van der Waals surface area contributed by atoms with E-state index in [-0.39, 0.29) is 23.2 Å². The normalized spacial score (nSPS) is 12.0. The van der Waals surface area contributed by atoms with Crippen LogP contribution in [0.4, 0.5) is 0 Å². The average molecular weight is 517 g/mol. The van der Waals surface area contributed by atoms with Crippen LogP contribution >= 0.6 is 0 Å². The van der Waals surface area contributed by atoms with Crippen molar-refractivity contribution in [2.45, 2.75) is 71.8 Å². The third-order valence-electron chi connectivity index (χ3n) is 6.27. The van der Waals surface area contributed by atoms with Gasteiger partial charge in [0, 0.05) is 12.0 Å². The second kappa shape index (κ2) is 12.2. The maximum Gasteiger partial charge on any atom is 0.240 e. The number of phenols is 1. The minimum atomic E-state index is -0.219.